The lowest BCUT2D eigenvalue weighted by molar-refractivity contribution is -0.160. The van der Waals surface area contributed by atoms with Crippen molar-refractivity contribution in [3.8, 4) is 0 Å². The second-order valence-electron chi connectivity index (χ2n) is 7.87. The largest absolute Gasteiger partial charge is 0.455 e. The van der Waals surface area contributed by atoms with Crippen LogP contribution in [0.2, 0.25) is 5.02 Å². The van der Waals surface area contributed by atoms with E-state index in [4.69, 9.17) is 16.3 Å². The molecule has 1 saturated heterocycles. The van der Waals surface area contributed by atoms with Gasteiger partial charge in [0.15, 0.2) is 6.61 Å². The maximum absolute atomic E-state index is 13.1. The number of piperazine rings is 1. The smallest absolute Gasteiger partial charge is 0.317 e. The van der Waals surface area contributed by atoms with Crippen molar-refractivity contribution in [3.05, 3.63) is 64.9 Å². The molecule has 7 heteroatoms. The number of benzene rings is 2. The lowest BCUT2D eigenvalue weighted by Gasteiger charge is -2.40. The van der Waals surface area contributed by atoms with E-state index >= 15 is 0 Å². The predicted octanol–water partition coefficient (Wildman–Crippen LogP) is 3.79. The van der Waals surface area contributed by atoms with Crippen molar-refractivity contribution in [2.24, 2.45) is 0 Å². The Morgan fingerprint density at radius 1 is 1.03 bits per heavy atom. The van der Waals surface area contributed by atoms with Crippen molar-refractivity contribution < 1.29 is 18.7 Å². The molecule has 2 aromatic rings. The molecular formula is C23H24ClFN2O3. The molecule has 2 aromatic carbocycles. The minimum Gasteiger partial charge on any atom is -0.455 e. The molecule has 158 valence electrons. The Hall–Kier alpha value is -2.60. The summed E-state index contributed by atoms with van der Waals surface area (Å²) >= 11 is 6.09. The molecule has 1 amide bonds. The molecule has 4 rings (SSSR count). The second-order valence-corrected chi connectivity index (χ2v) is 8.30. The topological polar surface area (TPSA) is 49.9 Å². The number of hydrogen-bond acceptors (Lipinski definition) is 4. The SMILES string of the molecule is O=C(COC(=O)C1(c2cccc(Cl)c2)CCC1)N1CCN(c2ccc(F)cc2)CC1. The first-order chi connectivity index (χ1) is 14.5. The molecule has 1 heterocycles. The van der Waals surface area contributed by atoms with Gasteiger partial charge >= 0.3 is 5.97 Å². The van der Waals surface area contributed by atoms with Crippen LogP contribution in [0.1, 0.15) is 24.8 Å². The van der Waals surface area contributed by atoms with Crippen molar-refractivity contribution in [3.63, 3.8) is 0 Å². The summed E-state index contributed by atoms with van der Waals surface area (Å²) in [6.07, 6.45) is 2.36. The maximum atomic E-state index is 13.1. The van der Waals surface area contributed by atoms with Crippen LogP contribution in [0.25, 0.3) is 0 Å². The number of halogens is 2. The van der Waals surface area contributed by atoms with Crippen LogP contribution in [0, 0.1) is 5.82 Å². The summed E-state index contributed by atoms with van der Waals surface area (Å²) < 4.78 is 18.5. The van der Waals surface area contributed by atoms with E-state index in [0.29, 0.717) is 44.0 Å². The fourth-order valence-electron chi connectivity index (χ4n) is 4.15. The molecule has 0 N–H and O–H groups in total. The molecule has 0 radical (unpaired) electrons. The summed E-state index contributed by atoms with van der Waals surface area (Å²) in [5.41, 5.74) is 1.10. The van der Waals surface area contributed by atoms with Crippen LogP contribution in [-0.4, -0.2) is 49.6 Å². The summed E-state index contributed by atoms with van der Waals surface area (Å²) in [5, 5.41) is 0.585. The molecule has 0 aromatic heterocycles. The predicted molar refractivity (Wildman–Crippen MR) is 113 cm³/mol. The lowest BCUT2D eigenvalue weighted by Crippen LogP contribution is -2.50. The molecule has 0 atom stereocenters. The molecule has 0 bridgehead atoms. The van der Waals surface area contributed by atoms with Gasteiger partial charge in [-0.05, 0) is 54.8 Å². The van der Waals surface area contributed by atoms with E-state index in [-0.39, 0.29) is 24.3 Å². The van der Waals surface area contributed by atoms with Gasteiger partial charge in [0, 0.05) is 36.9 Å². The quantitative estimate of drug-likeness (QED) is 0.677. The standard InChI is InChI=1S/C23H24ClFN2O3/c24-18-4-1-3-17(15-18)23(9-2-10-23)22(29)30-16-21(28)27-13-11-26(12-14-27)20-7-5-19(25)6-8-20/h1,3-8,15H,2,9-14,16H2. The molecule has 5 nitrogen and oxygen atoms in total. The van der Waals surface area contributed by atoms with Crippen LogP contribution in [-0.2, 0) is 19.7 Å². The summed E-state index contributed by atoms with van der Waals surface area (Å²) in [4.78, 5) is 29.2. The zero-order valence-electron chi connectivity index (χ0n) is 16.7. The van der Waals surface area contributed by atoms with Crippen molar-refractivity contribution in [1.29, 1.82) is 0 Å². The molecule has 1 aliphatic heterocycles. The van der Waals surface area contributed by atoms with Gasteiger partial charge in [0.2, 0.25) is 0 Å². The van der Waals surface area contributed by atoms with Gasteiger partial charge in [-0.1, -0.05) is 30.2 Å². The number of ether oxygens (including phenoxy) is 1. The third-order valence-electron chi connectivity index (χ3n) is 6.13. The Labute approximate surface area is 180 Å². The van der Waals surface area contributed by atoms with E-state index in [1.807, 2.05) is 12.1 Å². The van der Waals surface area contributed by atoms with E-state index in [0.717, 1.165) is 17.7 Å². The minimum absolute atomic E-state index is 0.192. The highest BCUT2D eigenvalue weighted by Gasteiger charge is 2.47. The lowest BCUT2D eigenvalue weighted by atomic mass is 9.64. The average molecular weight is 431 g/mol. The summed E-state index contributed by atoms with van der Waals surface area (Å²) in [6.45, 7) is 2.12. The van der Waals surface area contributed by atoms with E-state index in [1.165, 1.54) is 12.1 Å². The molecule has 2 fully saturated rings. The highest BCUT2D eigenvalue weighted by molar-refractivity contribution is 6.30. The van der Waals surface area contributed by atoms with Gasteiger partial charge in [-0.2, -0.15) is 0 Å². The van der Waals surface area contributed by atoms with Crippen molar-refractivity contribution in [2.45, 2.75) is 24.7 Å². The van der Waals surface area contributed by atoms with Crippen LogP contribution in [0.4, 0.5) is 10.1 Å². The number of carbonyl (C=O) groups excluding carboxylic acids is 2. The molecule has 1 saturated carbocycles. The zero-order valence-corrected chi connectivity index (χ0v) is 17.4. The van der Waals surface area contributed by atoms with Crippen LogP contribution in [0.3, 0.4) is 0 Å². The summed E-state index contributed by atoms with van der Waals surface area (Å²) in [7, 11) is 0. The molecule has 0 spiro atoms. The second kappa shape index (κ2) is 8.64. The first kappa shape index (κ1) is 20.7. The third kappa shape index (κ3) is 4.15. The van der Waals surface area contributed by atoms with Gasteiger partial charge in [-0.3, -0.25) is 9.59 Å². The van der Waals surface area contributed by atoms with Crippen molar-refractivity contribution in [1.82, 2.24) is 4.90 Å². The number of hydrogen-bond donors (Lipinski definition) is 0. The van der Waals surface area contributed by atoms with Gasteiger partial charge in [0.1, 0.15) is 5.82 Å². The number of carbonyl (C=O) groups is 2. The summed E-state index contributed by atoms with van der Waals surface area (Å²) in [5.74, 6) is -0.812. The first-order valence-corrected chi connectivity index (χ1v) is 10.6. The molecular weight excluding hydrogens is 407 g/mol. The molecule has 30 heavy (non-hydrogen) atoms. The van der Waals surface area contributed by atoms with Gasteiger partial charge < -0.3 is 14.5 Å². The van der Waals surface area contributed by atoms with Gasteiger partial charge in [0.05, 0.1) is 5.41 Å². The number of nitrogens with zero attached hydrogens (tertiary/aromatic N) is 2. The fourth-order valence-corrected chi connectivity index (χ4v) is 4.34. The minimum atomic E-state index is -0.688. The van der Waals surface area contributed by atoms with E-state index < -0.39 is 5.41 Å². The third-order valence-corrected chi connectivity index (χ3v) is 6.36. The van der Waals surface area contributed by atoms with E-state index in [9.17, 15) is 14.0 Å². The molecule has 2 aliphatic rings. The van der Waals surface area contributed by atoms with Crippen molar-refractivity contribution in [2.75, 3.05) is 37.7 Å². The van der Waals surface area contributed by atoms with Gasteiger partial charge in [0.25, 0.3) is 5.91 Å². The monoisotopic (exact) mass is 430 g/mol. The van der Waals surface area contributed by atoms with E-state index in [1.54, 1.807) is 29.2 Å². The average Bonchev–Trinajstić information content (AvgIpc) is 2.72. The molecule has 1 aliphatic carbocycles. The zero-order chi connectivity index (χ0) is 21.1. The first-order valence-electron chi connectivity index (χ1n) is 10.2. The van der Waals surface area contributed by atoms with Crippen molar-refractivity contribution >= 4 is 29.2 Å². The van der Waals surface area contributed by atoms with E-state index in [2.05, 4.69) is 4.90 Å². The van der Waals surface area contributed by atoms with Crippen LogP contribution in [0.5, 0.6) is 0 Å². The van der Waals surface area contributed by atoms with Gasteiger partial charge in [-0.15, -0.1) is 0 Å². The Balaban J connectivity index is 1.30. The Kier molecular flexibility index (Phi) is 5.95. The van der Waals surface area contributed by atoms with Gasteiger partial charge in [-0.25, -0.2) is 4.39 Å². The van der Waals surface area contributed by atoms with Crippen LogP contribution < -0.4 is 4.90 Å². The van der Waals surface area contributed by atoms with Crippen LogP contribution >= 0.6 is 11.6 Å². The molecule has 0 unspecified atom stereocenters. The number of esters is 1. The van der Waals surface area contributed by atoms with Crippen LogP contribution in [0.15, 0.2) is 48.5 Å². The highest BCUT2D eigenvalue weighted by Crippen LogP contribution is 2.45. The number of anilines is 1. The Bertz CT molecular complexity index is 922. The maximum Gasteiger partial charge on any atom is 0.317 e. The normalized spacial score (nSPS) is 17.9. The number of rotatable bonds is 5. The fraction of sp³-hybridized carbons (Fsp3) is 0.391. The highest BCUT2D eigenvalue weighted by atomic mass is 35.5. The summed E-state index contributed by atoms with van der Waals surface area (Å²) in [6, 6.07) is 13.6. The number of amides is 1. The Morgan fingerprint density at radius 3 is 2.33 bits per heavy atom. The Morgan fingerprint density at radius 2 is 1.73 bits per heavy atom.